The molecule has 1 aromatic heterocycles. The minimum Gasteiger partial charge on any atom is -0.322 e. The van der Waals surface area contributed by atoms with Crippen molar-refractivity contribution in [1.82, 2.24) is 9.78 Å². The SMILES string of the molecule is CCc1c(C(=O)Nc2ccc(Br)cc2)cnn1Cc1ccccc1. The highest BCUT2D eigenvalue weighted by Gasteiger charge is 2.16. The first-order chi connectivity index (χ1) is 11.7. The number of nitrogens with one attached hydrogen (secondary N) is 1. The maximum Gasteiger partial charge on any atom is 0.259 e. The number of rotatable bonds is 5. The van der Waals surface area contributed by atoms with E-state index in [-0.39, 0.29) is 5.91 Å². The molecule has 0 radical (unpaired) electrons. The lowest BCUT2D eigenvalue weighted by atomic mass is 10.1. The van der Waals surface area contributed by atoms with Gasteiger partial charge in [-0.1, -0.05) is 53.2 Å². The van der Waals surface area contributed by atoms with Gasteiger partial charge < -0.3 is 5.32 Å². The molecule has 3 rings (SSSR count). The van der Waals surface area contributed by atoms with Crippen LogP contribution >= 0.6 is 15.9 Å². The van der Waals surface area contributed by atoms with Crippen LogP contribution in [-0.4, -0.2) is 15.7 Å². The third-order valence-corrected chi connectivity index (χ3v) is 4.33. The van der Waals surface area contributed by atoms with Crippen molar-refractivity contribution in [1.29, 1.82) is 0 Å². The molecule has 5 heteroatoms. The number of amides is 1. The van der Waals surface area contributed by atoms with Gasteiger partial charge in [0.15, 0.2) is 0 Å². The van der Waals surface area contributed by atoms with Crippen molar-refractivity contribution >= 4 is 27.5 Å². The fourth-order valence-electron chi connectivity index (χ4n) is 2.60. The first kappa shape index (κ1) is 16.5. The molecule has 122 valence electrons. The number of nitrogens with zero attached hydrogens (tertiary/aromatic N) is 2. The van der Waals surface area contributed by atoms with Gasteiger partial charge in [0.1, 0.15) is 0 Å². The summed E-state index contributed by atoms with van der Waals surface area (Å²) in [7, 11) is 0. The van der Waals surface area contributed by atoms with Crippen LogP contribution in [0.15, 0.2) is 65.3 Å². The number of hydrogen-bond donors (Lipinski definition) is 1. The lowest BCUT2D eigenvalue weighted by Crippen LogP contribution is -2.15. The summed E-state index contributed by atoms with van der Waals surface area (Å²) in [5.74, 6) is -0.131. The van der Waals surface area contributed by atoms with Crippen LogP contribution in [0.2, 0.25) is 0 Å². The molecule has 0 bridgehead atoms. The van der Waals surface area contributed by atoms with Crippen molar-refractivity contribution in [3.63, 3.8) is 0 Å². The minimum atomic E-state index is -0.131. The number of benzene rings is 2. The van der Waals surface area contributed by atoms with Gasteiger partial charge in [-0.05, 0) is 36.2 Å². The molecule has 0 spiro atoms. The zero-order valence-electron chi connectivity index (χ0n) is 13.4. The van der Waals surface area contributed by atoms with E-state index >= 15 is 0 Å². The lowest BCUT2D eigenvalue weighted by Gasteiger charge is -2.09. The quantitative estimate of drug-likeness (QED) is 0.704. The molecule has 0 atom stereocenters. The maximum absolute atomic E-state index is 12.6. The molecule has 3 aromatic rings. The van der Waals surface area contributed by atoms with E-state index in [1.165, 1.54) is 0 Å². The monoisotopic (exact) mass is 383 g/mol. The van der Waals surface area contributed by atoms with E-state index in [1.807, 2.05) is 54.1 Å². The van der Waals surface area contributed by atoms with E-state index in [0.29, 0.717) is 12.1 Å². The molecule has 0 saturated heterocycles. The fourth-order valence-corrected chi connectivity index (χ4v) is 2.86. The van der Waals surface area contributed by atoms with E-state index < -0.39 is 0 Å². The predicted molar refractivity (Wildman–Crippen MR) is 99.2 cm³/mol. The molecule has 0 aliphatic carbocycles. The minimum absolute atomic E-state index is 0.131. The molecule has 1 heterocycles. The number of aromatic nitrogens is 2. The van der Waals surface area contributed by atoms with Gasteiger partial charge in [0.05, 0.1) is 24.0 Å². The van der Waals surface area contributed by atoms with Crippen LogP contribution in [0.25, 0.3) is 0 Å². The number of anilines is 1. The van der Waals surface area contributed by atoms with Crippen molar-refractivity contribution in [3.8, 4) is 0 Å². The molecule has 0 aliphatic heterocycles. The van der Waals surface area contributed by atoms with Crippen molar-refractivity contribution in [3.05, 3.63) is 82.1 Å². The summed E-state index contributed by atoms with van der Waals surface area (Å²) >= 11 is 3.39. The smallest absolute Gasteiger partial charge is 0.259 e. The maximum atomic E-state index is 12.6. The van der Waals surface area contributed by atoms with Crippen LogP contribution in [0.1, 0.15) is 28.5 Å². The highest BCUT2D eigenvalue weighted by atomic mass is 79.9. The third kappa shape index (κ3) is 3.74. The topological polar surface area (TPSA) is 46.9 Å². The first-order valence-corrected chi connectivity index (χ1v) is 8.62. The van der Waals surface area contributed by atoms with Gasteiger partial charge in [0.25, 0.3) is 5.91 Å². The van der Waals surface area contributed by atoms with E-state index in [2.05, 4.69) is 38.5 Å². The van der Waals surface area contributed by atoms with E-state index in [9.17, 15) is 4.79 Å². The molecule has 24 heavy (non-hydrogen) atoms. The van der Waals surface area contributed by atoms with Crippen molar-refractivity contribution in [2.24, 2.45) is 0 Å². The Labute approximate surface area is 149 Å². The second-order valence-electron chi connectivity index (χ2n) is 5.46. The average Bonchev–Trinajstić information content (AvgIpc) is 3.00. The molecule has 4 nitrogen and oxygen atoms in total. The summed E-state index contributed by atoms with van der Waals surface area (Å²) < 4.78 is 2.87. The molecule has 0 saturated carbocycles. The Balaban J connectivity index is 1.80. The van der Waals surface area contributed by atoms with Gasteiger partial charge >= 0.3 is 0 Å². The van der Waals surface area contributed by atoms with Gasteiger partial charge in [-0.3, -0.25) is 9.48 Å². The molecule has 0 fully saturated rings. The fraction of sp³-hybridized carbons (Fsp3) is 0.158. The van der Waals surface area contributed by atoms with Crippen LogP contribution in [0, 0.1) is 0 Å². The molecule has 1 amide bonds. The third-order valence-electron chi connectivity index (χ3n) is 3.81. The van der Waals surface area contributed by atoms with Crippen LogP contribution in [0.3, 0.4) is 0 Å². The number of carbonyl (C=O) groups excluding carboxylic acids is 1. The Morgan fingerprint density at radius 2 is 1.83 bits per heavy atom. The normalized spacial score (nSPS) is 10.6. The number of hydrogen-bond acceptors (Lipinski definition) is 2. The summed E-state index contributed by atoms with van der Waals surface area (Å²) in [6.07, 6.45) is 2.39. The van der Waals surface area contributed by atoms with Gasteiger partial charge in [0, 0.05) is 10.2 Å². The molecular weight excluding hydrogens is 366 g/mol. The zero-order valence-corrected chi connectivity index (χ0v) is 15.0. The van der Waals surface area contributed by atoms with Crippen molar-refractivity contribution < 1.29 is 4.79 Å². The Morgan fingerprint density at radius 1 is 1.12 bits per heavy atom. The lowest BCUT2D eigenvalue weighted by molar-refractivity contribution is 0.102. The van der Waals surface area contributed by atoms with E-state index in [1.54, 1.807) is 6.20 Å². The van der Waals surface area contributed by atoms with Gasteiger partial charge in [0.2, 0.25) is 0 Å². The number of halogens is 1. The second-order valence-corrected chi connectivity index (χ2v) is 6.38. The van der Waals surface area contributed by atoms with E-state index in [0.717, 1.165) is 27.8 Å². The van der Waals surface area contributed by atoms with Crippen LogP contribution in [0.4, 0.5) is 5.69 Å². The largest absolute Gasteiger partial charge is 0.322 e. The molecule has 0 aliphatic rings. The summed E-state index contributed by atoms with van der Waals surface area (Å²) in [6.45, 7) is 2.70. The van der Waals surface area contributed by atoms with E-state index in [4.69, 9.17) is 0 Å². The molecule has 2 aromatic carbocycles. The summed E-state index contributed by atoms with van der Waals surface area (Å²) in [5, 5.41) is 7.33. The standard InChI is InChI=1S/C19H18BrN3O/c1-2-18-17(19(24)22-16-10-8-15(20)9-11-16)12-21-23(18)13-14-6-4-3-5-7-14/h3-12H,2,13H2,1H3,(H,22,24). The van der Waals surface area contributed by atoms with Gasteiger partial charge in [-0.15, -0.1) is 0 Å². The molecule has 1 N–H and O–H groups in total. The zero-order chi connectivity index (χ0) is 16.9. The highest BCUT2D eigenvalue weighted by Crippen LogP contribution is 2.17. The molecular formula is C19H18BrN3O. The van der Waals surface area contributed by atoms with Crippen LogP contribution in [-0.2, 0) is 13.0 Å². The summed E-state index contributed by atoms with van der Waals surface area (Å²) in [5.41, 5.74) is 3.49. The Bertz CT molecular complexity index is 826. The van der Waals surface area contributed by atoms with Crippen LogP contribution < -0.4 is 5.32 Å². The summed E-state index contributed by atoms with van der Waals surface area (Å²) in [4.78, 5) is 12.6. The Hall–Kier alpha value is -2.40. The highest BCUT2D eigenvalue weighted by molar-refractivity contribution is 9.10. The second kappa shape index (κ2) is 7.45. The Morgan fingerprint density at radius 3 is 2.50 bits per heavy atom. The van der Waals surface area contributed by atoms with Crippen LogP contribution in [0.5, 0.6) is 0 Å². The average molecular weight is 384 g/mol. The summed E-state index contributed by atoms with van der Waals surface area (Å²) in [6, 6.07) is 17.6. The van der Waals surface area contributed by atoms with Crippen molar-refractivity contribution in [2.45, 2.75) is 19.9 Å². The first-order valence-electron chi connectivity index (χ1n) is 7.83. The Kier molecular flexibility index (Phi) is 5.11. The van der Waals surface area contributed by atoms with Crippen molar-refractivity contribution in [2.75, 3.05) is 5.32 Å². The van der Waals surface area contributed by atoms with Gasteiger partial charge in [-0.2, -0.15) is 5.10 Å². The predicted octanol–water partition coefficient (Wildman–Crippen LogP) is 4.51. The molecule has 0 unspecified atom stereocenters. The van der Waals surface area contributed by atoms with Gasteiger partial charge in [-0.25, -0.2) is 0 Å². The number of carbonyl (C=O) groups is 1.